The molecule has 6 nitrogen and oxygen atoms in total. The van der Waals surface area contributed by atoms with Crippen molar-refractivity contribution in [1.29, 1.82) is 0 Å². The number of nitrogens with zero attached hydrogens (tertiary/aromatic N) is 1. The molecule has 1 atom stereocenters. The van der Waals surface area contributed by atoms with Crippen LogP contribution in [0.2, 0.25) is 0 Å². The van der Waals surface area contributed by atoms with Crippen molar-refractivity contribution in [1.82, 2.24) is 10.6 Å². The van der Waals surface area contributed by atoms with Crippen molar-refractivity contribution in [3.8, 4) is 0 Å². The summed E-state index contributed by atoms with van der Waals surface area (Å²) in [7, 11) is -1.70. The maximum Gasteiger partial charge on any atom is 0.191 e. The van der Waals surface area contributed by atoms with Gasteiger partial charge in [-0.15, -0.1) is 24.0 Å². The van der Waals surface area contributed by atoms with Crippen LogP contribution in [0, 0.1) is 0 Å². The van der Waals surface area contributed by atoms with Crippen LogP contribution in [0.4, 0.5) is 0 Å². The summed E-state index contributed by atoms with van der Waals surface area (Å²) in [5.41, 5.74) is 0. The second kappa shape index (κ2) is 12.0. The highest BCUT2D eigenvalue weighted by Crippen LogP contribution is 2.15. The van der Waals surface area contributed by atoms with Crippen molar-refractivity contribution in [2.75, 3.05) is 32.6 Å². The fourth-order valence-electron chi connectivity index (χ4n) is 1.88. The van der Waals surface area contributed by atoms with Gasteiger partial charge in [-0.2, -0.15) is 0 Å². The Labute approximate surface area is 169 Å². The summed E-state index contributed by atoms with van der Waals surface area (Å²) in [4.78, 5) is 4.62. The maximum absolute atomic E-state index is 12.3. The summed E-state index contributed by atoms with van der Waals surface area (Å²) in [5.74, 6) is 0.548. The van der Waals surface area contributed by atoms with E-state index in [4.69, 9.17) is 4.74 Å². The minimum Gasteiger partial charge on any atom is -0.383 e. The Bertz CT molecular complexity index is 609. The van der Waals surface area contributed by atoms with Crippen molar-refractivity contribution in [3.63, 3.8) is 0 Å². The number of halogens is 2. The first-order valence-corrected chi connectivity index (χ1v) is 9.85. The van der Waals surface area contributed by atoms with Gasteiger partial charge in [-0.3, -0.25) is 4.99 Å². The largest absolute Gasteiger partial charge is 0.383 e. The predicted molar refractivity (Wildman–Crippen MR) is 112 cm³/mol. The Morgan fingerprint density at radius 2 is 1.96 bits per heavy atom. The smallest absolute Gasteiger partial charge is 0.191 e. The van der Waals surface area contributed by atoms with Gasteiger partial charge in [0.05, 0.1) is 23.8 Å². The van der Waals surface area contributed by atoms with Crippen molar-refractivity contribution in [2.45, 2.75) is 24.8 Å². The number of guanidine groups is 1. The standard InChI is InChI=1S/C15H24BrN3O3S.HI/c1-4-17-15(19-12(2)11-22-3)18-9-10-23(20,21)14-7-5-13(16)6-8-14;/h5-8,12H,4,9-11H2,1-3H3,(H2,17,18,19);1H. The van der Waals surface area contributed by atoms with E-state index in [2.05, 4.69) is 31.6 Å². The number of nitrogens with one attached hydrogen (secondary N) is 2. The molecule has 2 N–H and O–H groups in total. The molecule has 1 aromatic carbocycles. The molecule has 0 aromatic heterocycles. The lowest BCUT2D eigenvalue weighted by Gasteiger charge is -2.16. The molecule has 0 aliphatic rings. The zero-order chi connectivity index (χ0) is 17.3. The second-order valence-electron chi connectivity index (χ2n) is 5.03. The van der Waals surface area contributed by atoms with Gasteiger partial charge < -0.3 is 15.4 Å². The Hall–Kier alpha value is -0.390. The molecule has 1 rings (SSSR count). The predicted octanol–water partition coefficient (Wildman–Crippen LogP) is 2.43. The molecule has 0 heterocycles. The summed E-state index contributed by atoms with van der Waals surface area (Å²) >= 11 is 3.29. The Morgan fingerprint density at radius 1 is 1.33 bits per heavy atom. The number of aliphatic imine (C=N–C) groups is 1. The number of rotatable bonds is 8. The lowest BCUT2D eigenvalue weighted by molar-refractivity contribution is 0.179. The lowest BCUT2D eigenvalue weighted by atomic mass is 10.4. The number of methoxy groups -OCH3 is 1. The zero-order valence-corrected chi connectivity index (χ0v) is 18.8. The third-order valence-electron chi connectivity index (χ3n) is 2.95. The van der Waals surface area contributed by atoms with E-state index in [9.17, 15) is 8.42 Å². The third-order valence-corrected chi connectivity index (χ3v) is 5.19. The molecule has 0 saturated heterocycles. The van der Waals surface area contributed by atoms with E-state index < -0.39 is 9.84 Å². The number of hydrogen-bond donors (Lipinski definition) is 2. The van der Waals surface area contributed by atoms with E-state index in [1.54, 1.807) is 31.4 Å². The van der Waals surface area contributed by atoms with Crippen LogP contribution in [0.3, 0.4) is 0 Å². The van der Waals surface area contributed by atoms with Crippen LogP contribution in [0.5, 0.6) is 0 Å². The highest BCUT2D eigenvalue weighted by atomic mass is 127. The SMILES string of the molecule is CCNC(=NCCS(=O)(=O)c1ccc(Br)cc1)NC(C)COC.I. The van der Waals surface area contributed by atoms with Crippen LogP contribution in [-0.4, -0.2) is 53.0 Å². The van der Waals surface area contributed by atoms with Gasteiger partial charge >= 0.3 is 0 Å². The Morgan fingerprint density at radius 3 is 2.50 bits per heavy atom. The summed E-state index contributed by atoms with van der Waals surface area (Å²) in [6.45, 7) is 5.35. The number of sulfone groups is 1. The first-order valence-electron chi connectivity index (χ1n) is 7.41. The number of ether oxygens (including phenoxy) is 1. The fourth-order valence-corrected chi connectivity index (χ4v) is 3.26. The molecule has 1 unspecified atom stereocenters. The minimum atomic E-state index is -3.33. The summed E-state index contributed by atoms with van der Waals surface area (Å²) in [5, 5.41) is 6.25. The average molecular weight is 534 g/mol. The highest BCUT2D eigenvalue weighted by molar-refractivity contribution is 14.0. The van der Waals surface area contributed by atoms with E-state index in [1.807, 2.05) is 13.8 Å². The summed E-state index contributed by atoms with van der Waals surface area (Å²) < 4.78 is 30.4. The van der Waals surface area contributed by atoms with Crippen LogP contribution in [0.25, 0.3) is 0 Å². The van der Waals surface area contributed by atoms with Crippen LogP contribution < -0.4 is 10.6 Å². The number of hydrogen-bond acceptors (Lipinski definition) is 4. The van der Waals surface area contributed by atoms with Gasteiger partial charge in [-0.1, -0.05) is 15.9 Å². The topological polar surface area (TPSA) is 79.8 Å². The van der Waals surface area contributed by atoms with Crippen molar-refractivity contribution in [2.24, 2.45) is 4.99 Å². The number of benzene rings is 1. The maximum atomic E-state index is 12.3. The average Bonchev–Trinajstić information content (AvgIpc) is 2.48. The van der Waals surface area contributed by atoms with Crippen LogP contribution in [0.1, 0.15) is 13.8 Å². The molecular weight excluding hydrogens is 509 g/mol. The molecule has 0 saturated carbocycles. The molecule has 0 spiro atoms. The van der Waals surface area contributed by atoms with Crippen LogP contribution in [-0.2, 0) is 14.6 Å². The van der Waals surface area contributed by atoms with E-state index >= 15 is 0 Å². The van der Waals surface area contributed by atoms with Gasteiger partial charge in [0.25, 0.3) is 0 Å². The van der Waals surface area contributed by atoms with Crippen molar-refractivity contribution >= 4 is 55.7 Å². The molecule has 0 aliphatic heterocycles. The van der Waals surface area contributed by atoms with Gasteiger partial charge in [0, 0.05) is 24.2 Å². The van der Waals surface area contributed by atoms with Gasteiger partial charge in [0.1, 0.15) is 0 Å². The first kappa shape index (κ1) is 23.6. The van der Waals surface area contributed by atoms with Crippen LogP contribution in [0.15, 0.2) is 38.6 Å². The quantitative estimate of drug-likeness (QED) is 0.305. The zero-order valence-electron chi connectivity index (χ0n) is 14.1. The molecule has 0 amide bonds. The molecule has 0 fully saturated rings. The van der Waals surface area contributed by atoms with E-state index in [1.165, 1.54) is 0 Å². The molecule has 1 aromatic rings. The molecule has 138 valence electrons. The first-order chi connectivity index (χ1) is 10.9. The van der Waals surface area contributed by atoms with E-state index in [0.717, 1.165) is 4.47 Å². The van der Waals surface area contributed by atoms with Gasteiger partial charge in [-0.25, -0.2) is 8.42 Å². The minimum absolute atomic E-state index is 0. The van der Waals surface area contributed by atoms with Crippen molar-refractivity contribution in [3.05, 3.63) is 28.7 Å². The Balaban J connectivity index is 0.00000529. The monoisotopic (exact) mass is 533 g/mol. The van der Waals surface area contributed by atoms with Gasteiger partial charge in [0.2, 0.25) is 0 Å². The summed E-state index contributed by atoms with van der Waals surface area (Å²) in [6.07, 6.45) is 0. The third kappa shape index (κ3) is 8.63. The molecule has 9 heteroatoms. The summed E-state index contributed by atoms with van der Waals surface area (Å²) in [6, 6.07) is 6.70. The van der Waals surface area contributed by atoms with Crippen LogP contribution >= 0.6 is 39.9 Å². The fraction of sp³-hybridized carbons (Fsp3) is 0.533. The van der Waals surface area contributed by atoms with E-state index in [-0.39, 0.29) is 42.3 Å². The molecule has 0 bridgehead atoms. The normalized spacial score (nSPS) is 13.1. The lowest BCUT2D eigenvalue weighted by Crippen LogP contribution is -2.44. The Kier molecular flexibility index (Phi) is 11.8. The van der Waals surface area contributed by atoms with Gasteiger partial charge in [0.15, 0.2) is 15.8 Å². The molecule has 0 aliphatic carbocycles. The second-order valence-corrected chi connectivity index (χ2v) is 8.06. The molecule has 24 heavy (non-hydrogen) atoms. The molecule has 0 radical (unpaired) electrons. The molecular formula is C15H25BrIN3O3S. The van der Waals surface area contributed by atoms with E-state index in [0.29, 0.717) is 24.0 Å². The highest BCUT2D eigenvalue weighted by Gasteiger charge is 2.14. The van der Waals surface area contributed by atoms with Crippen molar-refractivity contribution < 1.29 is 13.2 Å². The van der Waals surface area contributed by atoms with Gasteiger partial charge in [-0.05, 0) is 38.1 Å².